The maximum Gasteiger partial charge on any atom is 0.359 e. The number of aryl methyl sites for hydroxylation is 1. The lowest BCUT2D eigenvalue weighted by Crippen LogP contribution is -2.18. The average molecular weight is 526 g/mol. The molecule has 0 unspecified atom stereocenters. The number of ether oxygens (including phenoxy) is 2. The minimum Gasteiger partial charge on any atom is -0.465 e. The first-order chi connectivity index (χ1) is 16.4. The Morgan fingerprint density at radius 2 is 1.82 bits per heavy atom. The van der Waals surface area contributed by atoms with E-state index in [1.54, 1.807) is 24.7 Å². The van der Waals surface area contributed by atoms with Gasteiger partial charge in [-0.1, -0.05) is 15.9 Å². The van der Waals surface area contributed by atoms with Gasteiger partial charge in [0.15, 0.2) is 5.69 Å². The van der Waals surface area contributed by atoms with E-state index in [1.807, 2.05) is 53.9 Å². The first kappa shape index (κ1) is 23.5. The summed E-state index contributed by atoms with van der Waals surface area (Å²) in [7, 11) is 0. The topological polar surface area (TPSA) is 99.8 Å². The fourth-order valence-corrected chi connectivity index (χ4v) is 3.76. The van der Waals surface area contributed by atoms with Gasteiger partial charge in [0.1, 0.15) is 23.7 Å². The Kier molecular flexibility index (Phi) is 6.97. The van der Waals surface area contributed by atoms with E-state index in [9.17, 15) is 9.59 Å². The number of rotatable bonds is 8. The van der Waals surface area contributed by atoms with Crippen LogP contribution in [-0.4, -0.2) is 50.9 Å². The molecule has 9 nitrogen and oxygen atoms in total. The first-order valence-corrected chi connectivity index (χ1v) is 11.6. The number of pyridine rings is 1. The molecule has 0 atom stereocenters. The number of carbonyl (C=O) groups is 2. The highest BCUT2D eigenvalue weighted by Gasteiger charge is 2.25. The Bertz CT molecular complexity index is 1340. The summed E-state index contributed by atoms with van der Waals surface area (Å²) in [5, 5.41) is 7.64. The van der Waals surface area contributed by atoms with Crippen molar-refractivity contribution in [3.63, 3.8) is 0 Å². The Morgan fingerprint density at radius 1 is 1.09 bits per heavy atom. The molecule has 0 aliphatic heterocycles. The number of halogens is 1. The minimum absolute atomic E-state index is 0.0574. The molecule has 3 aromatic heterocycles. The second kappa shape index (κ2) is 10.1. The quantitative estimate of drug-likeness (QED) is 0.340. The van der Waals surface area contributed by atoms with E-state index in [-0.39, 0.29) is 25.5 Å². The molecule has 4 aromatic rings. The predicted molar refractivity (Wildman–Crippen MR) is 131 cm³/mol. The Morgan fingerprint density at radius 3 is 2.53 bits per heavy atom. The predicted octanol–water partition coefficient (Wildman–Crippen LogP) is 4.41. The molecule has 0 amide bonds. The van der Waals surface area contributed by atoms with Gasteiger partial charge < -0.3 is 14.8 Å². The second-order valence-electron chi connectivity index (χ2n) is 7.43. The molecular formula is C24H24BrN5O4. The smallest absolute Gasteiger partial charge is 0.359 e. The molecule has 1 aromatic carbocycles. The van der Waals surface area contributed by atoms with E-state index in [4.69, 9.17) is 14.5 Å². The van der Waals surface area contributed by atoms with E-state index in [2.05, 4.69) is 26.3 Å². The monoisotopic (exact) mass is 525 g/mol. The summed E-state index contributed by atoms with van der Waals surface area (Å²) < 4.78 is 14.7. The van der Waals surface area contributed by atoms with Gasteiger partial charge in [0.2, 0.25) is 0 Å². The molecule has 176 valence electrons. The van der Waals surface area contributed by atoms with Gasteiger partial charge in [-0.25, -0.2) is 14.5 Å². The number of carbonyl (C=O) groups excluding carboxylic acids is 2. The molecule has 0 saturated carbocycles. The van der Waals surface area contributed by atoms with Crippen LogP contribution in [0.2, 0.25) is 0 Å². The van der Waals surface area contributed by atoms with Crippen LogP contribution in [0.3, 0.4) is 0 Å². The third-order valence-corrected chi connectivity index (χ3v) is 5.55. The van der Waals surface area contributed by atoms with Gasteiger partial charge in [-0.05, 0) is 62.7 Å². The van der Waals surface area contributed by atoms with Crippen molar-refractivity contribution in [3.8, 4) is 16.9 Å². The van der Waals surface area contributed by atoms with Crippen LogP contribution in [0.4, 0.5) is 5.82 Å². The van der Waals surface area contributed by atoms with Crippen LogP contribution in [0.5, 0.6) is 0 Å². The lowest BCUT2D eigenvalue weighted by Gasteiger charge is -2.08. The fourth-order valence-electron chi connectivity index (χ4n) is 3.49. The number of nitrogens with one attached hydrogen (secondary N) is 1. The molecule has 3 heterocycles. The average Bonchev–Trinajstić information content (AvgIpc) is 3.40. The zero-order valence-corrected chi connectivity index (χ0v) is 20.6. The maximum atomic E-state index is 12.8. The molecule has 34 heavy (non-hydrogen) atoms. The molecule has 0 saturated heterocycles. The van der Waals surface area contributed by atoms with Crippen molar-refractivity contribution in [3.05, 3.63) is 64.5 Å². The summed E-state index contributed by atoms with van der Waals surface area (Å²) in [6.07, 6.45) is 3.59. The van der Waals surface area contributed by atoms with Gasteiger partial charge in [-0.3, -0.25) is 9.20 Å². The maximum absolute atomic E-state index is 12.8. The summed E-state index contributed by atoms with van der Waals surface area (Å²) in [5.41, 5.74) is 3.53. The van der Waals surface area contributed by atoms with E-state index >= 15 is 0 Å². The Balaban J connectivity index is 1.87. The normalized spacial score (nSPS) is 10.9. The standard InChI is InChI=1S/C24H24BrN5O4/c1-4-33-20(31)13-26-23-21(27-19-12-15(3)10-11-29(19)23)18-14-30(17-8-6-16(25)7-9-17)28-22(18)24(32)34-5-2/h6-12,14,26H,4-5,13H2,1-3H3. The molecule has 1 N–H and O–H groups in total. The van der Waals surface area contributed by atoms with E-state index in [0.717, 1.165) is 15.7 Å². The lowest BCUT2D eigenvalue weighted by molar-refractivity contribution is -0.140. The number of esters is 2. The number of fused-ring (bicyclic) bond motifs is 1. The van der Waals surface area contributed by atoms with Crippen LogP contribution in [0.1, 0.15) is 29.9 Å². The molecule has 0 fully saturated rings. The van der Waals surface area contributed by atoms with Gasteiger partial charge in [0.05, 0.1) is 24.5 Å². The molecule has 4 rings (SSSR count). The first-order valence-electron chi connectivity index (χ1n) is 10.8. The highest BCUT2D eigenvalue weighted by molar-refractivity contribution is 9.10. The van der Waals surface area contributed by atoms with Crippen molar-refractivity contribution in [2.24, 2.45) is 0 Å². The van der Waals surface area contributed by atoms with Crippen LogP contribution in [0, 0.1) is 6.92 Å². The van der Waals surface area contributed by atoms with Gasteiger partial charge in [0.25, 0.3) is 0 Å². The number of hydrogen-bond donors (Lipinski definition) is 1. The number of hydrogen-bond acceptors (Lipinski definition) is 7. The largest absolute Gasteiger partial charge is 0.465 e. The van der Waals surface area contributed by atoms with Crippen molar-refractivity contribution >= 4 is 39.3 Å². The zero-order valence-electron chi connectivity index (χ0n) is 19.0. The van der Waals surface area contributed by atoms with Crippen LogP contribution in [0.15, 0.2) is 53.3 Å². The lowest BCUT2D eigenvalue weighted by atomic mass is 10.2. The molecule has 0 aliphatic carbocycles. The van der Waals surface area contributed by atoms with E-state index in [1.165, 1.54) is 0 Å². The summed E-state index contributed by atoms with van der Waals surface area (Å²) in [6, 6.07) is 11.4. The van der Waals surface area contributed by atoms with Crippen molar-refractivity contribution in [1.82, 2.24) is 19.2 Å². The second-order valence-corrected chi connectivity index (χ2v) is 8.35. The summed E-state index contributed by atoms with van der Waals surface area (Å²) in [6.45, 7) is 5.90. The zero-order chi connectivity index (χ0) is 24.2. The Labute approximate surface area is 204 Å². The number of aromatic nitrogens is 4. The van der Waals surface area contributed by atoms with Crippen molar-refractivity contribution in [2.75, 3.05) is 25.1 Å². The minimum atomic E-state index is -0.557. The van der Waals surface area contributed by atoms with Crippen molar-refractivity contribution in [1.29, 1.82) is 0 Å². The van der Waals surface area contributed by atoms with Gasteiger partial charge in [-0.2, -0.15) is 5.10 Å². The number of benzene rings is 1. The highest BCUT2D eigenvalue weighted by atomic mass is 79.9. The molecule has 10 heteroatoms. The number of imidazole rings is 1. The SMILES string of the molecule is CCOC(=O)CNc1c(-c2cn(-c3ccc(Br)cc3)nc2C(=O)OCC)nc2cc(C)ccn12. The molecule has 0 spiro atoms. The Hall–Kier alpha value is -3.66. The highest BCUT2D eigenvalue weighted by Crippen LogP contribution is 2.32. The van der Waals surface area contributed by atoms with Crippen molar-refractivity contribution in [2.45, 2.75) is 20.8 Å². The third-order valence-electron chi connectivity index (χ3n) is 5.02. The van der Waals surface area contributed by atoms with Crippen LogP contribution in [-0.2, 0) is 14.3 Å². The van der Waals surface area contributed by atoms with Gasteiger partial charge in [-0.15, -0.1) is 0 Å². The third kappa shape index (κ3) is 4.81. The number of nitrogens with zero attached hydrogens (tertiary/aromatic N) is 4. The van der Waals surface area contributed by atoms with E-state index in [0.29, 0.717) is 22.7 Å². The molecule has 0 aliphatic rings. The van der Waals surface area contributed by atoms with Crippen LogP contribution >= 0.6 is 15.9 Å². The molecule has 0 radical (unpaired) electrons. The molecule has 0 bridgehead atoms. The fraction of sp³-hybridized carbons (Fsp3) is 0.250. The van der Waals surface area contributed by atoms with Gasteiger partial charge in [0, 0.05) is 16.9 Å². The summed E-state index contributed by atoms with van der Waals surface area (Å²) in [4.78, 5) is 29.7. The summed E-state index contributed by atoms with van der Waals surface area (Å²) >= 11 is 3.43. The van der Waals surface area contributed by atoms with E-state index < -0.39 is 11.9 Å². The van der Waals surface area contributed by atoms with Crippen molar-refractivity contribution < 1.29 is 19.1 Å². The summed E-state index contributed by atoms with van der Waals surface area (Å²) in [5.74, 6) is -0.409. The number of anilines is 1. The van der Waals surface area contributed by atoms with Crippen LogP contribution < -0.4 is 5.32 Å². The molecular weight excluding hydrogens is 502 g/mol. The van der Waals surface area contributed by atoms with Crippen LogP contribution in [0.25, 0.3) is 22.6 Å². The van der Waals surface area contributed by atoms with Gasteiger partial charge >= 0.3 is 11.9 Å².